The predicted octanol–water partition coefficient (Wildman–Crippen LogP) is 6.80. The minimum atomic E-state index is -3.89. The lowest BCUT2D eigenvalue weighted by atomic mass is 10.1. The minimum absolute atomic E-state index is 0.108. The third kappa shape index (κ3) is 4.87. The van der Waals surface area contributed by atoms with E-state index in [9.17, 15) is 13.7 Å². The minimum Gasteiger partial charge on any atom is -0.311 e. The highest BCUT2D eigenvalue weighted by molar-refractivity contribution is 7.95. The first-order chi connectivity index (χ1) is 16.0. The van der Waals surface area contributed by atoms with E-state index in [-0.39, 0.29) is 9.80 Å². The first-order valence-corrected chi connectivity index (χ1v) is 11.9. The second-order valence-corrected chi connectivity index (χ2v) is 9.45. The van der Waals surface area contributed by atoms with Gasteiger partial charge in [0.2, 0.25) is 9.84 Å². The fourth-order valence-corrected chi connectivity index (χ4v) is 4.65. The second-order valence-electron chi connectivity index (χ2n) is 7.53. The molecular weight excluding hydrogens is 428 g/mol. The van der Waals surface area contributed by atoms with Gasteiger partial charge in [0, 0.05) is 17.1 Å². The molecule has 0 heterocycles. The summed E-state index contributed by atoms with van der Waals surface area (Å²) >= 11 is 0. The Morgan fingerprint density at radius 1 is 0.727 bits per heavy atom. The molecule has 0 N–H and O–H groups in total. The third-order valence-corrected chi connectivity index (χ3v) is 6.89. The topological polar surface area (TPSA) is 61.2 Å². The summed E-state index contributed by atoms with van der Waals surface area (Å²) in [4.78, 5) is 1.93. The number of sulfone groups is 1. The summed E-state index contributed by atoms with van der Waals surface area (Å²) in [6.07, 6.45) is 1.41. The molecule has 4 nitrogen and oxygen atoms in total. The molecule has 0 radical (unpaired) electrons. The summed E-state index contributed by atoms with van der Waals surface area (Å²) < 4.78 is 25.9. The number of rotatable bonds is 6. The van der Waals surface area contributed by atoms with Crippen molar-refractivity contribution in [1.82, 2.24) is 0 Å². The Morgan fingerprint density at radius 3 is 1.70 bits per heavy atom. The summed E-state index contributed by atoms with van der Waals surface area (Å²) in [6.45, 7) is 1.88. The van der Waals surface area contributed by atoms with Gasteiger partial charge in [0.15, 0.2) is 0 Å². The third-order valence-electron chi connectivity index (χ3n) is 5.21. The molecule has 0 aliphatic carbocycles. The van der Waals surface area contributed by atoms with Gasteiger partial charge in [-0.2, -0.15) is 5.26 Å². The van der Waals surface area contributed by atoms with Gasteiger partial charge in [-0.05, 0) is 67.1 Å². The van der Waals surface area contributed by atoms with Gasteiger partial charge in [-0.15, -0.1) is 0 Å². The fraction of sp³-hybridized carbons (Fsp3) is 0.0357. The number of nitriles is 1. The lowest BCUT2D eigenvalue weighted by Gasteiger charge is -2.25. The highest BCUT2D eigenvalue weighted by Crippen LogP contribution is 2.34. The smallest absolute Gasteiger partial charge is 0.216 e. The largest absolute Gasteiger partial charge is 0.311 e. The number of hydrogen-bond donors (Lipinski definition) is 0. The molecule has 4 rings (SSSR count). The lowest BCUT2D eigenvalue weighted by molar-refractivity contribution is 0.603. The molecule has 162 valence electrons. The maximum Gasteiger partial charge on any atom is 0.216 e. The van der Waals surface area contributed by atoms with Crippen molar-refractivity contribution in [3.05, 3.63) is 125 Å². The Balaban J connectivity index is 1.70. The molecule has 4 aromatic carbocycles. The van der Waals surface area contributed by atoms with Crippen LogP contribution in [0.25, 0.3) is 6.08 Å². The van der Waals surface area contributed by atoms with Crippen LogP contribution in [0.15, 0.2) is 119 Å². The number of hydrogen-bond acceptors (Lipinski definition) is 4. The number of allylic oxidation sites excluding steroid dienone is 1. The first kappa shape index (κ1) is 22.1. The molecule has 0 atom stereocenters. The number of benzene rings is 4. The molecule has 0 aliphatic rings. The van der Waals surface area contributed by atoms with Crippen molar-refractivity contribution in [1.29, 1.82) is 5.26 Å². The van der Waals surface area contributed by atoms with E-state index in [0.29, 0.717) is 5.56 Å². The van der Waals surface area contributed by atoms with Gasteiger partial charge in [-0.3, -0.25) is 0 Å². The molecule has 4 aromatic rings. The van der Waals surface area contributed by atoms with Gasteiger partial charge in [0.05, 0.1) is 4.90 Å². The second kappa shape index (κ2) is 9.56. The summed E-state index contributed by atoms with van der Waals surface area (Å²) in [6, 6.07) is 35.8. The van der Waals surface area contributed by atoms with Crippen LogP contribution >= 0.6 is 0 Å². The van der Waals surface area contributed by atoms with E-state index in [1.54, 1.807) is 12.1 Å². The van der Waals surface area contributed by atoms with Crippen molar-refractivity contribution in [3.63, 3.8) is 0 Å². The number of aryl methyl sites for hydroxylation is 1. The van der Waals surface area contributed by atoms with Crippen molar-refractivity contribution in [2.24, 2.45) is 0 Å². The molecule has 0 aliphatic heterocycles. The zero-order chi connectivity index (χ0) is 23.3. The molecule has 0 aromatic heterocycles. The Bertz CT molecular complexity index is 1360. The molecule has 0 saturated carbocycles. The van der Waals surface area contributed by atoms with Crippen molar-refractivity contribution in [3.8, 4) is 6.07 Å². The fourth-order valence-electron chi connectivity index (χ4n) is 3.49. The predicted molar refractivity (Wildman–Crippen MR) is 133 cm³/mol. The molecule has 0 spiro atoms. The number of anilines is 3. The quantitative estimate of drug-likeness (QED) is 0.303. The van der Waals surface area contributed by atoms with E-state index in [2.05, 4.69) is 4.90 Å². The van der Waals surface area contributed by atoms with Crippen molar-refractivity contribution in [2.75, 3.05) is 4.90 Å². The van der Waals surface area contributed by atoms with E-state index >= 15 is 0 Å². The average molecular weight is 451 g/mol. The highest BCUT2D eigenvalue weighted by Gasteiger charge is 2.20. The first-order valence-electron chi connectivity index (χ1n) is 10.4. The molecule has 33 heavy (non-hydrogen) atoms. The van der Waals surface area contributed by atoms with E-state index in [1.165, 1.54) is 18.2 Å². The van der Waals surface area contributed by atoms with Gasteiger partial charge in [0.25, 0.3) is 0 Å². The lowest BCUT2D eigenvalue weighted by Crippen LogP contribution is -2.09. The van der Waals surface area contributed by atoms with Crippen molar-refractivity contribution < 1.29 is 8.42 Å². The summed E-state index contributed by atoms with van der Waals surface area (Å²) in [5.41, 5.74) is 4.52. The van der Waals surface area contributed by atoms with Crippen LogP contribution in [0.2, 0.25) is 0 Å². The number of nitrogens with zero attached hydrogens (tertiary/aromatic N) is 2. The van der Waals surface area contributed by atoms with Crippen molar-refractivity contribution >= 4 is 33.0 Å². The standard InChI is InChI=1S/C28H22N2O2S/c1-22-12-18-27(19-13-22)33(31,32)28(21-29)20-23-14-16-26(17-15-23)30(24-8-4-2-5-9-24)25-10-6-3-7-11-25/h2-20H,1H3/b28-20-. The van der Waals surface area contributed by atoms with E-state index < -0.39 is 9.84 Å². The van der Waals surface area contributed by atoms with E-state index in [4.69, 9.17) is 0 Å². The van der Waals surface area contributed by atoms with Gasteiger partial charge >= 0.3 is 0 Å². The van der Waals surface area contributed by atoms with Gasteiger partial charge in [-0.1, -0.05) is 66.2 Å². The Kier molecular flexibility index (Phi) is 6.39. The van der Waals surface area contributed by atoms with E-state index in [1.807, 2.05) is 97.9 Å². The summed E-state index contributed by atoms with van der Waals surface area (Å²) in [5, 5.41) is 9.57. The molecule has 0 amide bonds. The molecule has 0 saturated heterocycles. The SMILES string of the molecule is Cc1ccc(S(=O)(=O)/C(C#N)=C\c2ccc(N(c3ccccc3)c3ccccc3)cc2)cc1. The summed E-state index contributed by atoms with van der Waals surface area (Å²) in [5.74, 6) is 0. The highest BCUT2D eigenvalue weighted by atomic mass is 32.2. The van der Waals surface area contributed by atoms with E-state index in [0.717, 1.165) is 22.6 Å². The molecule has 0 fully saturated rings. The molecule has 0 unspecified atom stereocenters. The maximum absolute atomic E-state index is 12.9. The van der Waals surface area contributed by atoms with Crippen LogP contribution in [-0.4, -0.2) is 8.42 Å². The maximum atomic E-state index is 12.9. The van der Waals surface area contributed by atoms with Crippen LogP contribution in [0, 0.1) is 18.3 Å². The molecular formula is C28H22N2O2S. The van der Waals surface area contributed by atoms with Crippen LogP contribution in [0.4, 0.5) is 17.1 Å². The zero-order valence-corrected chi connectivity index (χ0v) is 18.9. The Hall–Kier alpha value is -4.14. The van der Waals surface area contributed by atoms with Crippen LogP contribution in [0.5, 0.6) is 0 Å². The normalized spacial score (nSPS) is 11.6. The van der Waals surface area contributed by atoms with Gasteiger partial charge in [0.1, 0.15) is 11.0 Å². The molecule has 5 heteroatoms. The average Bonchev–Trinajstić information content (AvgIpc) is 2.85. The Morgan fingerprint density at radius 2 is 1.21 bits per heavy atom. The van der Waals surface area contributed by atoms with Gasteiger partial charge < -0.3 is 4.90 Å². The Labute approximate surface area is 194 Å². The van der Waals surface area contributed by atoms with Crippen molar-refractivity contribution in [2.45, 2.75) is 11.8 Å². The molecule has 0 bridgehead atoms. The van der Waals surface area contributed by atoms with Crippen LogP contribution in [-0.2, 0) is 9.84 Å². The van der Waals surface area contributed by atoms with Crippen LogP contribution in [0.3, 0.4) is 0 Å². The number of para-hydroxylation sites is 2. The zero-order valence-electron chi connectivity index (χ0n) is 18.1. The van der Waals surface area contributed by atoms with Crippen LogP contribution < -0.4 is 4.90 Å². The van der Waals surface area contributed by atoms with Crippen LogP contribution in [0.1, 0.15) is 11.1 Å². The monoisotopic (exact) mass is 450 g/mol. The van der Waals surface area contributed by atoms with Gasteiger partial charge in [-0.25, -0.2) is 8.42 Å². The summed E-state index contributed by atoms with van der Waals surface area (Å²) in [7, 11) is -3.89.